The third-order valence-electron chi connectivity index (χ3n) is 5.08. The molecule has 3 aromatic carbocycles. The van der Waals surface area contributed by atoms with Crippen molar-refractivity contribution >= 4 is 21.6 Å². The van der Waals surface area contributed by atoms with Crippen molar-refractivity contribution in [3.8, 4) is 5.75 Å². The Labute approximate surface area is 200 Å². The van der Waals surface area contributed by atoms with Gasteiger partial charge in [-0.3, -0.25) is 4.79 Å². The third kappa shape index (κ3) is 6.37. The lowest BCUT2D eigenvalue weighted by molar-refractivity contribution is -0.140. The third-order valence-corrected chi connectivity index (χ3v) is 6.87. The number of amides is 1. The van der Waals surface area contributed by atoms with E-state index in [9.17, 15) is 30.8 Å². The summed E-state index contributed by atoms with van der Waals surface area (Å²) in [6.07, 6.45) is -4.96. The van der Waals surface area contributed by atoms with Crippen LogP contribution in [-0.2, 0) is 27.5 Å². The molecular formula is C24H22F4N2O4S. The summed E-state index contributed by atoms with van der Waals surface area (Å²) >= 11 is 0. The van der Waals surface area contributed by atoms with Gasteiger partial charge >= 0.3 is 6.18 Å². The Hall–Kier alpha value is -3.44. The van der Waals surface area contributed by atoms with Crippen molar-refractivity contribution in [3.63, 3.8) is 0 Å². The number of carbonyl (C=O) groups excluding carboxylic acids is 1. The maximum Gasteiger partial charge on any atom is 0.419 e. The van der Waals surface area contributed by atoms with E-state index >= 15 is 0 Å². The minimum absolute atomic E-state index is 0.0827. The number of nitrogens with zero attached hydrogens (tertiary/aromatic N) is 1. The number of rotatable bonds is 8. The molecule has 0 saturated carbocycles. The van der Waals surface area contributed by atoms with E-state index in [2.05, 4.69) is 5.32 Å². The fourth-order valence-corrected chi connectivity index (χ4v) is 4.82. The zero-order valence-electron chi connectivity index (χ0n) is 18.8. The van der Waals surface area contributed by atoms with Gasteiger partial charge in [-0.15, -0.1) is 0 Å². The predicted octanol–water partition coefficient (Wildman–Crippen LogP) is 4.99. The van der Waals surface area contributed by atoms with Gasteiger partial charge in [0.25, 0.3) is 0 Å². The maximum absolute atomic E-state index is 13.6. The zero-order chi connectivity index (χ0) is 25.8. The lowest BCUT2D eigenvalue weighted by Crippen LogP contribution is -2.37. The van der Waals surface area contributed by atoms with Crippen molar-refractivity contribution < 1.29 is 35.5 Å². The molecule has 0 spiro atoms. The number of anilines is 1. The van der Waals surface area contributed by atoms with E-state index in [-0.39, 0.29) is 17.1 Å². The molecule has 35 heavy (non-hydrogen) atoms. The monoisotopic (exact) mass is 510 g/mol. The molecule has 0 fully saturated rings. The van der Waals surface area contributed by atoms with Crippen molar-refractivity contribution in [2.24, 2.45) is 0 Å². The molecule has 1 N–H and O–H groups in total. The summed E-state index contributed by atoms with van der Waals surface area (Å²) in [5.74, 6) is -1.90. The van der Waals surface area contributed by atoms with Crippen LogP contribution < -0.4 is 10.1 Å². The summed E-state index contributed by atoms with van der Waals surface area (Å²) in [4.78, 5) is 12.6. The Bertz CT molecular complexity index is 1310. The summed E-state index contributed by atoms with van der Waals surface area (Å²) < 4.78 is 85.5. The highest BCUT2D eigenvalue weighted by atomic mass is 32.2. The number of methoxy groups -OCH3 is 1. The molecule has 0 heterocycles. The first kappa shape index (κ1) is 26.2. The highest BCUT2D eigenvalue weighted by molar-refractivity contribution is 7.89. The summed E-state index contributed by atoms with van der Waals surface area (Å²) in [6, 6.07) is 14.7. The Morgan fingerprint density at radius 3 is 2.31 bits per heavy atom. The van der Waals surface area contributed by atoms with Crippen LogP contribution in [-0.4, -0.2) is 32.3 Å². The molecule has 186 valence electrons. The normalized spacial score (nSPS) is 12.0. The fourth-order valence-electron chi connectivity index (χ4n) is 3.35. The van der Waals surface area contributed by atoms with Crippen LogP contribution in [0, 0.1) is 12.7 Å². The Morgan fingerprint density at radius 2 is 1.71 bits per heavy atom. The van der Waals surface area contributed by atoms with Gasteiger partial charge in [0.1, 0.15) is 11.6 Å². The predicted molar refractivity (Wildman–Crippen MR) is 122 cm³/mol. The van der Waals surface area contributed by atoms with Crippen LogP contribution >= 0.6 is 0 Å². The molecule has 0 saturated heterocycles. The average Bonchev–Trinajstić information content (AvgIpc) is 2.79. The maximum atomic E-state index is 13.6. The number of hydrogen-bond donors (Lipinski definition) is 1. The average molecular weight is 511 g/mol. The first-order valence-electron chi connectivity index (χ1n) is 10.3. The summed E-state index contributed by atoms with van der Waals surface area (Å²) in [6.45, 7) is 0.804. The molecule has 1 amide bonds. The molecule has 0 aliphatic rings. The van der Waals surface area contributed by atoms with Crippen LogP contribution in [0.25, 0.3) is 0 Å². The zero-order valence-corrected chi connectivity index (χ0v) is 19.6. The molecular weight excluding hydrogens is 488 g/mol. The van der Waals surface area contributed by atoms with Crippen molar-refractivity contribution in [1.29, 1.82) is 0 Å². The molecule has 11 heteroatoms. The fraction of sp³-hybridized carbons (Fsp3) is 0.208. The van der Waals surface area contributed by atoms with Gasteiger partial charge in [0.05, 0.1) is 24.1 Å². The lowest BCUT2D eigenvalue weighted by atomic mass is 10.2. The van der Waals surface area contributed by atoms with Crippen LogP contribution in [0.3, 0.4) is 0 Å². The topological polar surface area (TPSA) is 75.7 Å². The van der Waals surface area contributed by atoms with Crippen molar-refractivity contribution in [3.05, 3.63) is 89.2 Å². The molecule has 0 aliphatic carbocycles. The first-order chi connectivity index (χ1) is 16.4. The number of halogens is 4. The highest BCUT2D eigenvalue weighted by Gasteiger charge is 2.34. The van der Waals surface area contributed by atoms with E-state index in [1.165, 1.54) is 25.3 Å². The van der Waals surface area contributed by atoms with E-state index in [1.54, 1.807) is 37.3 Å². The van der Waals surface area contributed by atoms with Crippen LogP contribution in [0.2, 0.25) is 0 Å². The Kier molecular flexibility index (Phi) is 7.81. The minimum atomic E-state index is -4.96. The molecule has 3 rings (SSSR count). The number of carbonyl (C=O) groups is 1. The second kappa shape index (κ2) is 10.4. The molecule has 3 aromatic rings. The standard InChI is InChI=1S/C24H22F4N2O4S/c1-16-12-19(9-11-22(16)34-2)35(32,33)30(14-17-6-4-3-5-7-17)15-23(31)29-18-8-10-21(25)20(13-18)24(26,27)28/h3-13H,14-15H2,1-2H3,(H,29,31). The minimum Gasteiger partial charge on any atom is -0.496 e. The summed E-state index contributed by atoms with van der Waals surface area (Å²) in [7, 11) is -2.75. The molecule has 0 aliphatic heterocycles. The van der Waals surface area contributed by atoms with Gasteiger partial charge in [-0.1, -0.05) is 30.3 Å². The summed E-state index contributed by atoms with van der Waals surface area (Å²) in [5, 5.41) is 2.22. The van der Waals surface area contributed by atoms with Crippen LogP contribution in [0.1, 0.15) is 16.7 Å². The molecule has 0 aromatic heterocycles. The van der Waals surface area contributed by atoms with Gasteiger partial charge < -0.3 is 10.1 Å². The number of alkyl halides is 3. The largest absolute Gasteiger partial charge is 0.496 e. The molecule has 0 unspecified atom stereocenters. The van der Waals surface area contributed by atoms with Crippen molar-refractivity contribution in [2.75, 3.05) is 19.0 Å². The van der Waals surface area contributed by atoms with E-state index < -0.39 is 40.0 Å². The SMILES string of the molecule is COc1ccc(S(=O)(=O)N(CC(=O)Nc2ccc(F)c(C(F)(F)F)c2)Cc2ccccc2)cc1C. The van der Waals surface area contributed by atoms with Gasteiger partial charge in [-0.2, -0.15) is 17.5 Å². The van der Waals surface area contributed by atoms with Gasteiger partial charge in [0, 0.05) is 12.2 Å². The number of sulfonamides is 1. The van der Waals surface area contributed by atoms with Crippen molar-refractivity contribution in [2.45, 2.75) is 24.5 Å². The van der Waals surface area contributed by atoms with Gasteiger partial charge in [-0.25, -0.2) is 12.8 Å². The first-order valence-corrected chi connectivity index (χ1v) is 11.7. The number of benzene rings is 3. The lowest BCUT2D eigenvalue weighted by Gasteiger charge is -2.22. The molecule has 0 radical (unpaired) electrons. The highest BCUT2D eigenvalue weighted by Crippen LogP contribution is 2.33. The molecule has 0 atom stereocenters. The number of ether oxygens (including phenoxy) is 1. The Balaban J connectivity index is 1.90. The van der Waals surface area contributed by atoms with E-state index in [0.29, 0.717) is 29.0 Å². The smallest absolute Gasteiger partial charge is 0.419 e. The van der Waals surface area contributed by atoms with E-state index in [4.69, 9.17) is 4.74 Å². The van der Waals surface area contributed by atoms with E-state index in [1.807, 2.05) is 0 Å². The Morgan fingerprint density at radius 1 is 1.03 bits per heavy atom. The molecule has 6 nitrogen and oxygen atoms in total. The molecule has 0 bridgehead atoms. The summed E-state index contributed by atoms with van der Waals surface area (Å²) in [5.41, 5.74) is -0.710. The van der Waals surface area contributed by atoms with Crippen LogP contribution in [0.4, 0.5) is 23.2 Å². The number of hydrogen-bond acceptors (Lipinski definition) is 4. The quantitative estimate of drug-likeness (QED) is 0.433. The van der Waals surface area contributed by atoms with Crippen LogP contribution in [0.5, 0.6) is 5.75 Å². The van der Waals surface area contributed by atoms with Crippen molar-refractivity contribution in [1.82, 2.24) is 4.31 Å². The van der Waals surface area contributed by atoms with Gasteiger partial charge in [-0.05, 0) is 54.4 Å². The second-order valence-corrected chi connectivity index (χ2v) is 9.57. The van der Waals surface area contributed by atoms with Gasteiger partial charge in [0.2, 0.25) is 15.9 Å². The number of aryl methyl sites for hydroxylation is 1. The second-order valence-electron chi connectivity index (χ2n) is 7.63. The van der Waals surface area contributed by atoms with E-state index in [0.717, 1.165) is 10.4 Å². The van der Waals surface area contributed by atoms with Crippen LogP contribution in [0.15, 0.2) is 71.6 Å². The number of nitrogens with one attached hydrogen (secondary N) is 1. The van der Waals surface area contributed by atoms with Gasteiger partial charge in [0.15, 0.2) is 0 Å².